The standard InChI is InChI=1S/C33H27N3O6S/c1-19-4-10-24(16-20(19)2)36-32(38)29(34-22-6-11-25(40-3)12-7-22)30(33(36)39)43-26-13-8-23(9-14-26)35-31(37)21-5-15-27-28(17-21)42-18-41-27/h4-17,34H,18H2,1-3H3,(H,35,37). The molecule has 2 N–H and O–H groups in total. The summed E-state index contributed by atoms with van der Waals surface area (Å²) >= 11 is 1.18. The van der Waals surface area contributed by atoms with Crippen molar-refractivity contribution in [3.8, 4) is 17.2 Å². The zero-order valence-corrected chi connectivity index (χ0v) is 24.4. The minimum absolute atomic E-state index is 0.129. The van der Waals surface area contributed by atoms with E-state index in [-0.39, 0.29) is 23.3 Å². The van der Waals surface area contributed by atoms with Crippen molar-refractivity contribution < 1.29 is 28.6 Å². The molecule has 10 heteroatoms. The van der Waals surface area contributed by atoms with E-state index in [2.05, 4.69) is 10.6 Å². The first-order chi connectivity index (χ1) is 20.8. The lowest BCUT2D eigenvalue weighted by atomic mass is 10.1. The molecule has 3 amide bonds. The van der Waals surface area contributed by atoms with Crippen LogP contribution >= 0.6 is 11.8 Å². The third kappa shape index (κ3) is 5.64. The first-order valence-electron chi connectivity index (χ1n) is 13.4. The van der Waals surface area contributed by atoms with Crippen molar-refractivity contribution in [1.29, 1.82) is 0 Å². The van der Waals surface area contributed by atoms with Crippen LogP contribution in [-0.4, -0.2) is 31.6 Å². The van der Waals surface area contributed by atoms with Gasteiger partial charge < -0.3 is 24.8 Å². The Bertz CT molecular complexity index is 1780. The van der Waals surface area contributed by atoms with E-state index in [1.165, 1.54) is 16.7 Å². The van der Waals surface area contributed by atoms with E-state index in [0.717, 1.165) is 11.1 Å². The Hall–Kier alpha value is -5.22. The van der Waals surface area contributed by atoms with Crippen LogP contribution in [-0.2, 0) is 9.59 Å². The maximum absolute atomic E-state index is 13.8. The molecule has 2 aliphatic rings. The number of rotatable bonds is 8. The monoisotopic (exact) mass is 593 g/mol. The third-order valence-corrected chi connectivity index (χ3v) is 8.21. The van der Waals surface area contributed by atoms with Crippen molar-refractivity contribution in [1.82, 2.24) is 0 Å². The first kappa shape index (κ1) is 27.9. The van der Waals surface area contributed by atoms with Crippen LogP contribution in [0.2, 0.25) is 0 Å². The molecule has 0 bridgehead atoms. The summed E-state index contributed by atoms with van der Waals surface area (Å²) in [6, 6.07) is 24.7. The van der Waals surface area contributed by atoms with Gasteiger partial charge in [0.1, 0.15) is 16.4 Å². The molecule has 0 fully saturated rings. The normalized spacial score (nSPS) is 13.9. The molecule has 43 heavy (non-hydrogen) atoms. The van der Waals surface area contributed by atoms with Gasteiger partial charge in [-0.1, -0.05) is 17.8 Å². The summed E-state index contributed by atoms with van der Waals surface area (Å²) in [5.41, 5.74) is 4.36. The van der Waals surface area contributed by atoms with Crippen LogP contribution in [0, 0.1) is 13.8 Å². The molecule has 0 radical (unpaired) electrons. The van der Waals surface area contributed by atoms with Crippen molar-refractivity contribution in [2.75, 3.05) is 29.4 Å². The van der Waals surface area contributed by atoms with E-state index in [1.54, 1.807) is 79.9 Å². The molecule has 9 nitrogen and oxygen atoms in total. The summed E-state index contributed by atoms with van der Waals surface area (Å²) in [5, 5.41) is 6.02. The van der Waals surface area contributed by atoms with E-state index in [4.69, 9.17) is 14.2 Å². The van der Waals surface area contributed by atoms with Gasteiger partial charge in [-0.2, -0.15) is 0 Å². The average molecular weight is 594 g/mol. The number of hydrogen-bond donors (Lipinski definition) is 2. The molecule has 0 atom stereocenters. The highest BCUT2D eigenvalue weighted by atomic mass is 32.2. The van der Waals surface area contributed by atoms with Gasteiger partial charge in [-0.15, -0.1) is 0 Å². The van der Waals surface area contributed by atoms with E-state index >= 15 is 0 Å². The number of amides is 3. The largest absolute Gasteiger partial charge is 0.497 e. The van der Waals surface area contributed by atoms with Crippen molar-refractivity contribution >= 4 is 46.5 Å². The number of aryl methyl sites for hydroxylation is 2. The van der Waals surface area contributed by atoms with Gasteiger partial charge in [0.2, 0.25) is 6.79 Å². The number of benzene rings is 4. The smallest absolute Gasteiger partial charge is 0.283 e. The molecule has 0 aromatic heterocycles. The van der Waals surface area contributed by atoms with Gasteiger partial charge in [-0.25, -0.2) is 4.90 Å². The van der Waals surface area contributed by atoms with Crippen LogP contribution in [0.15, 0.2) is 100 Å². The fraction of sp³-hybridized carbons (Fsp3) is 0.121. The lowest BCUT2D eigenvalue weighted by molar-refractivity contribution is -0.120. The fourth-order valence-electron chi connectivity index (χ4n) is 4.60. The maximum Gasteiger partial charge on any atom is 0.283 e. The van der Waals surface area contributed by atoms with Crippen LogP contribution in [0.1, 0.15) is 21.5 Å². The van der Waals surface area contributed by atoms with Gasteiger partial charge in [0.05, 0.1) is 12.8 Å². The van der Waals surface area contributed by atoms with Crippen molar-refractivity contribution in [2.24, 2.45) is 0 Å². The summed E-state index contributed by atoms with van der Waals surface area (Å²) in [6.07, 6.45) is 0. The third-order valence-electron chi connectivity index (χ3n) is 7.12. The number of thioether (sulfide) groups is 1. The van der Waals surface area contributed by atoms with E-state index in [1.807, 2.05) is 26.0 Å². The predicted octanol–water partition coefficient (Wildman–Crippen LogP) is 6.28. The molecule has 2 heterocycles. The Morgan fingerprint density at radius 3 is 2.26 bits per heavy atom. The second kappa shape index (κ2) is 11.6. The Labute approximate surface area is 252 Å². The van der Waals surface area contributed by atoms with Crippen LogP contribution < -0.4 is 29.7 Å². The molecule has 0 saturated heterocycles. The lowest BCUT2D eigenvalue weighted by Gasteiger charge is -2.16. The zero-order chi connectivity index (χ0) is 30.1. The summed E-state index contributed by atoms with van der Waals surface area (Å²) in [4.78, 5) is 42.4. The van der Waals surface area contributed by atoms with Crippen molar-refractivity contribution in [3.63, 3.8) is 0 Å². The van der Waals surface area contributed by atoms with E-state index in [9.17, 15) is 14.4 Å². The molecule has 0 spiro atoms. The Morgan fingerprint density at radius 2 is 1.53 bits per heavy atom. The highest BCUT2D eigenvalue weighted by Gasteiger charge is 2.40. The Kier molecular flexibility index (Phi) is 7.52. The number of hydrogen-bond acceptors (Lipinski definition) is 8. The first-order valence-corrected chi connectivity index (χ1v) is 14.2. The summed E-state index contributed by atoms with van der Waals surface area (Å²) in [7, 11) is 1.58. The zero-order valence-electron chi connectivity index (χ0n) is 23.6. The summed E-state index contributed by atoms with van der Waals surface area (Å²) in [5.74, 6) is 0.633. The van der Waals surface area contributed by atoms with E-state index < -0.39 is 11.8 Å². The van der Waals surface area contributed by atoms with Crippen molar-refractivity contribution in [3.05, 3.63) is 112 Å². The second-order valence-corrected chi connectivity index (χ2v) is 11.0. The molecular weight excluding hydrogens is 566 g/mol. The molecule has 0 aliphatic carbocycles. The Morgan fingerprint density at radius 1 is 0.814 bits per heavy atom. The Balaban J connectivity index is 1.24. The highest BCUT2D eigenvalue weighted by molar-refractivity contribution is 8.04. The minimum atomic E-state index is -0.445. The number of imide groups is 1. The number of nitrogens with one attached hydrogen (secondary N) is 2. The molecule has 6 rings (SSSR count). The fourth-order valence-corrected chi connectivity index (χ4v) is 5.52. The van der Waals surface area contributed by atoms with Gasteiger partial charge >= 0.3 is 0 Å². The lowest BCUT2D eigenvalue weighted by Crippen LogP contribution is -2.32. The molecule has 216 valence electrons. The van der Waals surface area contributed by atoms with Gasteiger partial charge in [0, 0.05) is 21.8 Å². The molecule has 2 aliphatic heterocycles. The molecule has 0 unspecified atom stereocenters. The maximum atomic E-state index is 13.8. The van der Waals surface area contributed by atoms with Gasteiger partial charge in [0.25, 0.3) is 17.7 Å². The molecule has 4 aromatic rings. The van der Waals surface area contributed by atoms with Gasteiger partial charge in [0.15, 0.2) is 11.5 Å². The molecular formula is C33H27N3O6S. The second-order valence-electron chi connectivity index (χ2n) is 9.92. The summed E-state index contributed by atoms with van der Waals surface area (Å²) < 4.78 is 15.9. The predicted molar refractivity (Wildman–Crippen MR) is 165 cm³/mol. The van der Waals surface area contributed by atoms with Crippen LogP contribution in [0.5, 0.6) is 17.2 Å². The van der Waals surface area contributed by atoms with Crippen LogP contribution in [0.25, 0.3) is 0 Å². The SMILES string of the molecule is COc1ccc(NC2=C(Sc3ccc(NC(=O)c4ccc5c(c4)OCO5)cc3)C(=O)N(c3ccc(C)c(C)c3)C2=O)cc1. The number of carbonyl (C=O) groups is 3. The topological polar surface area (TPSA) is 106 Å². The minimum Gasteiger partial charge on any atom is -0.497 e. The number of nitrogens with zero attached hydrogens (tertiary/aromatic N) is 1. The van der Waals surface area contributed by atoms with Gasteiger partial charge in [-0.05, 0) is 104 Å². The molecule has 0 saturated carbocycles. The molecule has 4 aromatic carbocycles. The van der Waals surface area contributed by atoms with Gasteiger partial charge in [-0.3, -0.25) is 14.4 Å². The van der Waals surface area contributed by atoms with E-state index in [0.29, 0.717) is 44.8 Å². The number of anilines is 3. The highest BCUT2D eigenvalue weighted by Crippen LogP contribution is 2.39. The van der Waals surface area contributed by atoms with Crippen molar-refractivity contribution in [2.45, 2.75) is 18.7 Å². The number of fused-ring (bicyclic) bond motifs is 1. The number of ether oxygens (including phenoxy) is 3. The number of carbonyl (C=O) groups excluding carboxylic acids is 3. The van der Waals surface area contributed by atoms with Crippen LogP contribution in [0.3, 0.4) is 0 Å². The number of methoxy groups -OCH3 is 1. The average Bonchev–Trinajstić information content (AvgIpc) is 3.58. The quantitative estimate of drug-likeness (QED) is 0.230. The summed E-state index contributed by atoms with van der Waals surface area (Å²) in [6.45, 7) is 4.05. The van der Waals surface area contributed by atoms with Crippen LogP contribution in [0.4, 0.5) is 17.1 Å².